The molecular formula is C22H29ClN2. The van der Waals surface area contributed by atoms with Gasteiger partial charge in [-0.1, -0.05) is 48.0 Å². The van der Waals surface area contributed by atoms with Gasteiger partial charge in [-0.25, -0.2) is 0 Å². The van der Waals surface area contributed by atoms with Crippen LogP contribution in [0.25, 0.3) is 0 Å². The Morgan fingerprint density at radius 2 is 1.84 bits per heavy atom. The lowest BCUT2D eigenvalue weighted by atomic mass is 9.90. The van der Waals surface area contributed by atoms with Crippen LogP contribution < -0.4 is 5.32 Å². The van der Waals surface area contributed by atoms with Crippen LogP contribution in [0.2, 0.25) is 5.02 Å². The van der Waals surface area contributed by atoms with Crippen molar-refractivity contribution >= 4 is 17.3 Å². The highest BCUT2D eigenvalue weighted by Gasteiger charge is 2.18. The van der Waals surface area contributed by atoms with Gasteiger partial charge in [-0.2, -0.15) is 0 Å². The summed E-state index contributed by atoms with van der Waals surface area (Å²) in [7, 11) is 0. The van der Waals surface area contributed by atoms with Gasteiger partial charge in [0.15, 0.2) is 0 Å². The minimum absolute atomic E-state index is 0.838. The molecule has 1 saturated heterocycles. The van der Waals surface area contributed by atoms with Crippen molar-refractivity contribution in [2.24, 2.45) is 5.92 Å². The fourth-order valence-electron chi connectivity index (χ4n) is 3.60. The summed E-state index contributed by atoms with van der Waals surface area (Å²) in [4.78, 5) is 2.62. The number of halogens is 1. The molecule has 3 rings (SSSR count). The lowest BCUT2D eigenvalue weighted by molar-refractivity contribution is 0.183. The predicted molar refractivity (Wildman–Crippen MR) is 109 cm³/mol. The summed E-state index contributed by atoms with van der Waals surface area (Å²) in [5, 5.41) is 4.32. The molecular weight excluding hydrogens is 328 g/mol. The third kappa shape index (κ3) is 5.76. The van der Waals surface area contributed by atoms with Crippen LogP contribution in [0.4, 0.5) is 5.69 Å². The van der Waals surface area contributed by atoms with Gasteiger partial charge >= 0.3 is 0 Å². The third-order valence-electron chi connectivity index (χ3n) is 5.23. The molecule has 2 aromatic rings. The van der Waals surface area contributed by atoms with E-state index in [1.807, 2.05) is 13.0 Å². The maximum absolute atomic E-state index is 6.17. The zero-order valence-corrected chi connectivity index (χ0v) is 15.9. The number of nitrogens with one attached hydrogen (secondary N) is 1. The van der Waals surface area contributed by atoms with Gasteiger partial charge in [0.25, 0.3) is 0 Å². The molecule has 0 spiro atoms. The maximum atomic E-state index is 6.17. The number of anilines is 1. The molecule has 0 atom stereocenters. The number of benzene rings is 2. The largest absolute Gasteiger partial charge is 0.385 e. The molecule has 134 valence electrons. The summed E-state index contributed by atoms with van der Waals surface area (Å²) in [6.07, 6.45) is 5.07. The molecule has 1 aliphatic heterocycles. The van der Waals surface area contributed by atoms with E-state index >= 15 is 0 Å². The topological polar surface area (TPSA) is 15.3 Å². The molecule has 0 saturated carbocycles. The molecule has 2 aromatic carbocycles. The zero-order valence-electron chi connectivity index (χ0n) is 15.2. The third-order valence-corrected chi connectivity index (χ3v) is 5.63. The first-order valence-corrected chi connectivity index (χ1v) is 9.85. The van der Waals surface area contributed by atoms with E-state index in [4.69, 9.17) is 11.6 Å². The zero-order chi connectivity index (χ0) is 17.5. The van der Waals surface area contributed by atoms with Gasteiger partial charge in [-0.05, 0) is 81.4 Å². The maximum Gasteiger partial charge on any atom is 0.0455 e. The Morgan fingerprint density at radius 3 is 2.56 bits per heavy atom. The first kappa shape index (κ1) is 18.3. The summed E-state index contributed by atoms with van der Waals surface area (Å²) < 4.78 is 0. The molecule has 25 heavy (non-hydrogen) atoms. The molecule has 1 N–H and O–H groups in total. The van der Waals surface area contributed by atoms with Crippen molar-refractivity contribution in [3.05, 3.63) is 64.7 Å². The predicted octanol–water partition coefficient (Wildman–Crippen LogP) is 5.41. The molecule has 0 amide bonds. The van der Waals surface area contributed by atoms with Crippen molar-refractivity contribution in [2.75, 3.05) is 31.5 Å². The normalized spacial score (nSPS) is 16.1. The number of likely N-dealkylation sites (tertiary alicyclic amines) is 1. The van der Waals surface area contributed by atoms with Crippen LogP contribution in [0.3, 0.4) is 0 Å². The smallest absolute Gasteiger partial charge is 0.0455 e. The Hall–Kier alpha value is -1.51. The lowest BCUT2D eigenvalue weighted by Crippen LogP contribution is -2.35. The lowest BCUT2D eigenvalue weighted by Gasteiger charge is -2.32. The van der Waals surface area contributed by atoms with Crippen molar-refractivity contribution in [1.29, 1.82) is 0 Å². The van der Waals surface area contributed by atoms with E-state index in [9.17, 15) is 0 Å². The summed E-state index contributed by atoms with van der Waals surface area (Å²) >= 11 is 6.17. The molecule has 1 aliphatic rings. The van der Waals surface area contributed by atoms with E-state index in [1.54, 1.807) is 0 Å². The van der Waals surface area contributed by atoms with Crippen molar-refractivity contribution in [3.8, 4) is 0 Å². The van der Waals surface area contributed by atoms with Crippen LogP contribution in [-0.2, 0) is 6.42 Å². The summed E-state index contributed by atoms with van der Waals surface area (Å²) in [6, 6.07) is 17.1. The second-order valence-electron chi connectivity index (χ2n) is 7.22. The summed E-state index contributed by atoms with van der Waals surface area (Å²) in [5.41, 5.74) is 3.74. The minimum atomic E-state index is 0.838. The van der Waals surface area contributed by atoms with Crippen molar-refractivity contribution in [1.82, 2.24) is 4.90 Å². The standard InChI is InChI=1S/C22H29ClN2/c1-18-8-9-21(17-22(18)23)24-12-5-13-25-14-10-20(11-15-25)16-19-6-3-2-4-7-19/h2-4,6-9,17,20,24H,5,10-16H2,1H3. The van der Waals surface area contributed by atoms with Gasteiger partial charge in [-0.15, -0.1) is 0 Å². The average molecular weight is 357 g/mol. The Kier molecular flexibility index (Phi) is 6.77. The Bertz CT molecular complexity index is 648. The van der Waals surface area contributed by atoms with Crippen LogP contribution in [0, 0.1) is 12.8 Å². The van der Waals surface area contributed by atoms with Crippen molar-refractivity contribution < 1.29 is 0 Å². The monoisotopic (exact) mass is 356 g/mol. The summed E-state index contributed by atoms with van der Waals surface area (Å²) in [6.45, 7) is 6.71. The highest BCUT2D eigenvalue weighted by atomic mass is 35.5. The Labute approximate surface area is 157 Å². The van der Waals surface area contributed by atoms with Gasteiger partial charge in [0.2, 0.25) is 0 Å². The molecule has 0 aromatic heterocycles. The average Bonchev–Trinajstić information content (AvgIpc) is 2.64. The van der Waals surface area contributed by atoms with Gasteiger partial charge in [-0.3, -0.25) is 0 Å². The molecule has 0 aliphatic carbocycles. The Balaban J connectivity index is 1.32. The van der Waals surface area contributed by atoms with E-state index < -0.39 is 0 Å². The first-order chi connectivity index (χ1) is 12.2. The fraction of sp³-hybridized carbons (Fsp3) is 0.455. The van der Waals surface area contributed by atoms with Gasteiger partial charge < -0.3 is 10.2 Å². The van der Waals surface area contributed by atoms with Crippen LogP contribution in [0.1, 0.15) is 30.4 Å². The quantitative estimate of drug-likeness (QED) is 0.667. The number of nitrogens with zero attached hydrogens (tertiary/aromatic N) is 1. The van der Waals surface area contributed by atoms with Gasteiger partial charge in [0.05, 0.1) is 0 Å². The van der Waals surface area contributed by atoms with Crippen LogP contribution in [0.15, 0.2) is 48.5 Å². The van der Waals surface area contributed by atoms with Crippen LogP contribution in [0.5, 0.6) is 0 Å². The molecule has 1 fully saturated rings. The second kappa shape index (κ2) is 9.26. The Morgan fingerprint density at radius 1 is 1.08 bits per heavy atom. The van der Waals surface area contributed by atoms with Crippen molar-refractivity contribution in [3.63, 3.8) is 0 Å². The molecule has 3 heteroatoms. The van der Waals surface area contributed by atoms with Crippen LogP contribution >= 0.6 is 11.6 Å². The number of piperidine rings is 1. The van der Waals surface area contributed by atoms with E-state index in [2.05, 4.69) is 52.7 Å². The molecule has 0 radical (unpaired) electrons. The molecule has 0 bridgehead atoms. The molecule has 2 nitrogen and oxygen atoms in total. The second-order valence-corrected chi connectivity index (χ2v) is 7.63. The number of rotatable bonds is 7. The van der Waals surface area contributed by atoms with E-state index in [0.717, 1.165) is 28.7 Å². The number of hydrogen-bond donors (Lipinski definition) is 1. The van der Waals surface area contributed by atoms with E-state index in [-0.39, 0.29) is 0 Å². The van der Waals surface area contributed by atoms with Gasteiger partial charge in [0.1, 0.15) is 0 Å². The number of aryl methyl sites for hydroxylation is 1. The van der Waals surface area contributed by atoms with E-state index in [1.165, 1.54) is 50.9 Å². The highest BCUT2D eigenvalue weighted by Crippen LogP contribution is 2.22. The first-order valence-electron chi connectivity index (χ1n) is 9.47. The van der Waals surface area contributed by atoms with Crippen LogP contribution in [-0.4, -0.2) is 31.1 Å². The minimum Gasteiger partial charge on any atom is -0.385 e. The fourth-order valence-corrected chi connectivity index (χ4v) is 3.78. The SMILES string of the molecule is Cc1ccc(NCCCN2CCC(Cc3ccccc3)CC2)cc1Cl. The molecule has 0 unspecified atom stereocenters. The van der Waals surface area contributed by atoms with Gasteiger partial charge in [0, 0.05) is 17.3 Å². The molecule has 1 heterocycles. The van der Waals surface area contributed by atoms with Crippen molar-refractivity contribution in [2.45, 2.75) is 32.6 Å². The summed E-state index contributed by atoms with van der Waals surface area (Å²) in [5.74, 6) is 0.853. The number of hydrogen-bond acceptors (Lipinski definition) is 2. The highest BCUT2D eigenvalue weighted by molar-refractivity contribution is 6.31. The van der Waals surface area contributed by atoms with E-state index in [0.29, 0.717) is 0 Å².